The van der Waals surface area contributed by atoms with Gasteiger partial charge < -0.3 is 4.90 Å². The third-order valence-electron chi connectivity index (χ3n) is 1.76. The molecule has 3 nitrogen and oxygen atoms in total. The van der Waals surface area contributed by atoms with Crippen LogP contribution in [0.3, 0.4) is 0 Å². The minimum atomic E-state index is 0.0694. The monoisotopic (exact) mass is 136 g/mol. The van der Waals surface area contributed by atoms with Crippen molar-refractivity contribution in [2.75, 3.05) is 7.05 Å². The lowest BCUT2D eigenvalue weighted by Gasteiger charge is -2.04. The first-order valence-corrected chi connectivity index (χ1v) is 3.21. The Morgan fingerprint density at radius 2 is 2.40 bits per heavy atom. The van der Waals surface area contributed by atoms with Gasteiger partial charge in [0.2, 0.25) is 0 Å². The molecule has 0 radical (unpaired) electrons. The van der Waals surface area contributed by atoms with Crippen LogP contribution in [0.2, 0.25) is 0 Å². The Morgan fingerprint density at radius 3 is 3.10 bits per heavy atom. The SMILES string of the molecule is CN1Cc2cccn2C1=O. The Balaban J connectivity index is 2.53. The van der Waals surface area contributed by atoms with Gasteiger partial charge in [-0.25, -0.2) is 4.79 Å². The molecule has 0 spiro atoms. The minimum absolute atomic E-state index is 0.0694. The van der Waals surface area contributed by atoms with Crippen LogP contribution >= 0.6 is 0 Å². The topological polar surface area (TPSA) is 25.2 Å². The van der Waals surface area contributed by atoms with Gasteiger partial charge in [-0.2, -0.15) is 0 Å². The van der Waals surface area contributed by atoms with E-state index in [1.807, 2.05) is 12.1 Å². The molecular weight excluding hydrogens is 128 g/mol. The molecule has 0 aliphatic carbocycles. The molecule has 0 unspecified atom stereocenters. The summed E-state index contributed by atoms with van der Waals surface area (Å²) in [6, 6.07) is 3.92. The average Bonchev–Trinajstić information content (AvgIpc) is 2.41. The highest BCUT2D eigenvalue weighted by molar-refractivity contribution is 5.80. The zero-order valence-electron chi connectivity index (χ0n) is 5.74. The zero-order chi connectivity index (χ0) is 7.14. The summed E-state index contributed by atoms with van der Waals surface area (Å²) in [6.07, 6.45) is 1.79. The lowest BCUT2D eigenvalue weighted by molar-refractivity contribution is 0.219. The second-order valence-electron chi connectivity index (χ2n) is 2.51. The molecule has 1 aliphatic rings. The van der Waals surface area contributed by atoms with Gasteiger partial charge in [-0.15, -0.1) is 0 Å². The molecule has 0 fully saturated rings. The maximum Gasteiger partial charge on any atom is 0.328 e. The molecule has 3 heteroatoms. The van der Waals surface area contributed by atoms with Crippen molar-refractivity contribution in [2.24, 2.45) is 0 Å². The maximum absolute atomic E-state index is 11.1. The Morgan fingerprint density at radius 1 is 1.60 bits per heavy atom. The molecule has 0 aromatic carbocycles. The highest BCUT2D eigenvalue weighted by Crippen LogP contribution is 2.13. The highest BCUT2D eigenvalue weighted by atomic mass is 16.2. The number of carbonyl (C=O) groups excluding carboxylic acids is 1. The third-order valence-corrected chi connectivity index (χ3v) is 1.76. The molecule has 1 aromatic heterocycles. The second kappa shape index (κ2) is 1.62. The van der Waals surface area contributed by atoms with Crippen LogP contribution in [0.1, 0.15) is 5.69 Å². The number of aromatic nitrogens is 1. The van der Waals surface area contributed by atoms with E-state index >= 15 is 0 Å². The Bertz CT molecular complexity index is 277. The van der Waals surface area contributed by atoms with E-state index in [2.05, 4.69) is 0 Å². The minimum Gasteiger partial charge on any atom is -0.321 e. The summed E-state index contributed by atoms with van der Waals surface area (Å²) < 4.78 is 1.67. The van der Waals surface area contributed by atoms with E-state index < -0.39 is 0 Å². The maximum atomic E-state index is 11.1. The van der Waals surface area contributed by atoms with Crippen molar-refractivity contribution in [1.82, 2.24) is 9.47 Å². The zero-order valence-corrected chi connectivity index (χ0v) is 5.74. The van der Waals surface area contributed by atoms with Gasteiger partial charge >= 0.3 is 6.03 Å². The van der Waals surface area contributed by atoms with Crippen LogP contribution in [-0.2, 0) is 6.54 Å². The van der Waals surface area contributed by atoms with Gasteiger partial charge in [0.05, 0.1) is 6.54 Å². The third kappa shape index (κ3) is 0.518. The lowest BCUT2D eigenvalue weighted by Crippen LogP contribution is -2.20. The summed E-state index contributed by atoms with van der Waals surface area (Å²) in [7, 11) is 1.80. The van der Waals surface area contributed by atoms with E-state index in [-0.39, 0.29) is 6.03 Å². The van der Waals surface area contributed by atoms with Gasteiger partial charge in [0.15, 0.2) is 0 Å². The van der Waals surface area contributed by atoms with Crippen molar-refractivity contribution < 1.29 is 4.79 Å². The van der Waals surface area contributed by atoms with Crippen molar-refractivity contribution >= 4 is 6.03 Å². The van der Waals surface area contributed by atoms with Gasteiger partial charge in [0, 0.05) is 18.9 Å². The fourth-order valence-corrected chi connectivity index (χ4v) is 1.23. The van der Waals surface area contributed by atoms with E-state index in [1.165, 1.54) is 0 Å². The Hall–Kier alpha value is -1.25. The second-order valence-corrected chi connectivity index (χ2v) is 2.51. The first-order chi connectivity index (χ1) is 4.79. The van der Waals surface area contributed by atoms with Crippen LogP contribution in [0.4, 0.5) is 4.79 Å². The lowest BCUT2D eigenvalue weighted by atomic mass is 10.4. The smallest absolute Gasteiger partial charge is 0.321 e. The van der Waals surface area contributed by atoms with Gasteiger partial charge in [-0.3, -0.25) is 4.57 Å². The molecule has 0 atom stereocenters. The number of amides is 1. The summed E-state index contributed by atoms with van der Waals surface area (Å²) in [5.41, 5.74) is 1.08. The molecule has 2 heterocycles. The molecule has 10 heavy (non-hydrogen) atoms. The van der Waals surface area contributed by atoms with Crippen LogP contribution in [0.5, 0.6) is 0 Å². The molecule has 1 amide bonds. The number of nitrogens with zero attached hydrogens (tertiary/aromatic N) is 2. The van der Waals surface area contributed by atoms with E-state index in [0.717, 1.165) is 12.2 Å². The van der Waals surface area contributed by atoms with Crippen LogP contribution in [0, 0.1) is 0 Å². The van der Waals surface area contributed by atoms with Gasteiger partial charge in [0.1, 0.15) is 0 Å². The number of hydrogen-bond donors (Lipinski definition) is 0. The predicted octanol–water partition coefficient (Wildman–Crippen LogP) is 0.902. The molecule has 0 saturated heterocycles. The van der Waals surface area contributed by atoms with E-state index in [4.69, 9.17) is 0 Å². The summed E-state index contributed by atoms with van der Waals surface area (Å²) in [5, 5.41) is 0. The van der Waals surface area contributed by atoms with E-state index in [1.54, 1.807) is 22.7 Å². The van der Waals surface area contributed by atoms with Crippen LogP contribution in [0.25, 0.3) is 0 Å². The first kappa shape index (κ1) is 5.53. The average molecular weight is 136 g/mol. The normalized spacial score (nSPS) is 16.1. The first-order valence-electron chi connectivity index (χ1n) is 3.21. The predicted molar refractivity (Wildman–Crippen MR) is 36.7 cm³/mol. The van der Waals surface area contributed by atoms with Crippen LogP contribution in [0.15, 0.2) is 18.3 Å². The molecule has 1 aliphatic heterocycles. The molecule has 0 N–H and O–H groups in total. The summed E-state index contributed by atoms with van der Waals surface area (Å²) in [6.45, 7) is 0.742. The Kier molecular flexibility index (Phi) is 0.897. The van der Waals surface area contributed by atoms with Gasteiger partial charge in [-0.1, -0.05) is 0 Å². The Labute approximate surface area is 58.9 Å². The van der Waals surface area contributed by atoms with Crippen molar-refractivity contribution in [3.05, 3.63) is 24.0 Å². The molecular formula is C7H8N2O. The quantitative estimate of drug-likeness (QED) is 0.520. The number of fused-ring (bicyclic) bond motifs is 1. The molecule has 52 valence electrons. The van der Waals surface area contributed by atoms with E-state index in [9.17, 15) is 4.79 Å². The number of hydrogen-bond acceptors (Lipinski definition) is 1. The van der Waals surface area contributed by atoms with Crippen molar-refractivity contribution in [3.63, 3.8) is 0 Å². The molecule has 0 saturated carbocycles. The van der Waals surface area contributed by atoms with Crippen LogP contribution in [-0.4, -0.2) is 22.5 Å². The summed E-state index contributed by atoms with van der Waals surface area (Å²) in [5.74, 6) is 0. The van der Waals surface area contributed by atoms with Gasteiger partial charge in [-0.05, 0) is 12.1 Å². The summed E-state index contributed by atoms with van der Waals surface area (Å²) >= 11 is 0. The van der Waals surface area contributed by atoms with Crippen LogP contribution < -0.4 is 0 Å². The largest absolute Gasteiger partial charge is 0.328 e. The summed E-state index contributed by atoms with van der Waals surface area (Å²) in [4.78, 5) is 12.8. The molecule has 1 aromatic rings. The fraction of sp³-hybridized carbons (Fsp3) is 0.286. The molecule has 2 rings (SSSR count). The highest BCUT2D eigenvalue weighted by Gasteiger charge is 2.21. The number of rotatable bonds is 0. The van der Waals surface area contributed by atoms with E-state index in [0.29, 0.717) is 0 Å². The van der Waals surface area contributed by atoms with Crippen molar-refractivity contribution in [1.29, 1.82) is 0 Å². The van der Waals surface area contributed by atoms with Crippen molar-refractivity contribution in [3.8, 4) is 0 Å². The number of carbonyl (C=O) groups is 1. The van der Waals surface area contributed by atoms with Gasteiger partial charge in [0.25, 0.3) is 0 Å². The fourth-order valence-electron chi connectivity index (χ4n) is 1.23. The molecule has 0 bridgehead atoms. The van der Waals surface area contributed by atoms with Crippen molar-refractivity contribution in [2.45, 2.75) is 6.54 Å². The standard InChI is InChI=1S/C7H8N2O/c1-8-5-6-3-2-4-9(6)7(8)10/h2-4H,5H2,1H3.